The van der Waals surface area contributed by atoms with Crippen molar-refractivity contribution in [1.29, 1.82) is 0 Å². The van der Waals surface area contributed by atoms with Crippen molar-refractivity contribution in [3.8, 4) is 0 Å². The molecule has 0 aliphatic carbocycles. The smallest absolute Gasteiger partial charge is 0.313 e. The lowest BCUT2D eigenvalue weighted by Gasteiger charge is -2.14. The molecule has 0 bridgehead atoms. The molecule has 0 spiro atoms. The summed E-state index contributed by atoms with van der Waals surface area (Å²) < 4.78 is 39.3. The van der Waals surface area contributed by atoms with Gasteiger partial charge in [0.2, 0.25) is 0 Å². The number of ether oxygens (including phenoxy) is 1. The summed E-state index contributed by atoms with van der Waals surface area (Å²) in [5.74, 6) is 0. The van der Waals surface area contributed by atoms with E-state index in [9.17, 15) is 13.2 Å². The molecular formula is C5H6ClF3O. The van der Waals surface area contributed by atoms with Crippen LogP contribution in [0.3, 0.4) is 0 Å². The lowest BCUT2D eigenvalue weighted by molar-refractivity contribution is -0.250. The van der Waals surface area contributed by atoms with Crippen LogP contribution in [0, 0.1) is 0 Å². The third kappa shape index (κ3) is 3.08. The first-order valence-corrected chi connectivity index (χ1v) is 2.85. The van der Waals surface area contributed by atoms with Crippen molar-refractivity contribution in [1.82, 2.24) is 0 Å². The molecule has 0 rings (SSSR count). The Morgan fingerprint density at radius 2 is 2.20 bits per heavy atom. The highest BCUT2D eigenvalue weighted by molar-refractivity contribution is 6.20. The second kappa shape index (κ2) is 3.83. The van der Waals surface area contributed by atoms with Gasteiger partial charge in [0.25, 0.3) is 5.63 Å². The molecule has 1 atom stereocenters. The molecule has 1 unspecified atom stereocenters. The minimum Gasteiger partial charge on any atom is -0.313 e. The highest BCUT2D eigenvalue weighted by Gasteiger charge is 2.39. The SMILES string of the molecule is C=CCOC(F)(F)C(F)Cl. The van der Waals surface area contributed by atoms with Crippen molar-refractivity contribution in [2.24, 2.45) is 0 Å². The minimum absolute atomic E-state index is 0.430. The van der Waals surface area contributed by atoms with Crippen LogP contribution >= 0.6 is 11.6 Å². The highest BCUT2D eigenvalue weighted by Crippen LogP contribution is 2.25. The molecule has 0 radical (unpaired) electrons. The normalized spacial score (nSPS) is 14.8. The summed E-state index contributed by atoms with van der Waals surface area (Å²) in [5, 5.41) is 0. The first-order chi connectivity index (χ1) is 4.50. The summed E-state index contributed by atoms with van der Waals surface area (Å²) in [7, 11) is 0. The van der Waals surface area contributed by atoms with E-state index in [1.165, 1.54) is 0 Å². The van der Waals surface area contributed by atoms with Crippen LogP contribution in [-0.4, -0.2) is 18.3 Å². The standard InChI is InChI=1S/C5H6ClF3O/c1-2-3-10-5(8,9)4(6)7/h2,4H,1,3H2. The van der Waals surface area contributed by atoms with Crippen LogP contribution in [0.25, 0.3) is 0 Å². The average Bonchev–Trinajstić information content (AvgIpc) is 1.84. The van der Waals surface area contributed by atoms with E-state index in [0.717, 1.165) is 6.08 Å². The van der Waals surface area contributed by atoms with Gasteiger partial charge in [-0.2, -0.15) is 8.78 Å². The number of hydrogen-bond acceptors (Lipinski definition) is 1. The molecule has 0 fully saturated rings. The first-order valence-electron chi connectivity index (χ1n) is 2.41. The maximum Gasteiger partial charge on any atom is 0.401 e. The van der Waals surface area contributed by atoms with Gasteiger partial charge in [-0.05, 0) is 0 Å². The zero-order chi connectivity index (χ0) is 8.20. The molecule has 0 aromatic rings. The van der Waals surface area contributed by atoms with Crippen LogP contribution in [-0.2, 0) is 4.74 Å². The van der Waals surface area contributed by atoms with Gasteiger partial charge in [-0.15, -0.1) is 6.58 Å². The molecule has 0 aliphatic rings. The van der Waals surface area contributed by atoms with Gasteiger partial charge in [0.05, 0.1) is 6.61 Å². The van der Waals surface area contributed by atoms with Gasteiger partial charge in [-0.25, -0.2) is 4.39 Å². The lowest BCUT2D eigenvalue weighted by Crippen LogP contribution is -2.29. The molecule has 0 saturated heterocycles. The van der Waals surface area contributed by atoms with Crippen molar-refractivity contribution in [3.63, 3.8) is 0 Å². The Morgan fingerprint density at radius 3 is 2.50 bits per heavy atom. The van der Waals surface area contributed by atoms with E-state index in [4.69, 9.17) is 0 Å². The molecule has 0 heterocycles. The van der Waals surface area contributed by atoms with E-state index in [1.807, 2.05) is 0 Å². The van der Waals surface area contributed by atoms with Crippen molar-refractivity contribution in [2.75, 3.05) is 6.61 Å². The van der Waals surface area contributed by atoms with Crippen molar-refractivity contribution >= 4 is 11.6 Å². The van der Waals surface area contributed by atoms with Gasteiger partial charge < -0.3 is 4.74 Å². The highest BCUT2D eigenvalue weighted by atomic mass is 35.5. The molecule has 0 saturated carbocycles. The predicted molar refractivity (Wildman–Crippen MR) is 31.8 cm³/mol. The van der Waals surface area contributed by atoms with E-state index in [0.29, 0.717) is 0 Å². The summed E-state index contributed by atoms with van der Waals surface area (Å²) in [6, 6.07) is 0. The maximum atomic E-state index is 12.0. The van der Waals surface area contributed by atoms with Crippen LogP contribution in [0.5, 0.6) is 0 Å². The zero-order valence-corrected chi connectivity index (χ0v) is 5.74. The molecular weight excluding hydrogens is 169 g/mol. The minimum atomic E-state index is -3.92. The van der Waals surface area contributed by atoms with Gasteiger partial charge in [-0.3, -0.25) is 0 Å². The van der Waals surface area contributed by atoms with Crippen LogP contribution in [0.2, 0.25) is 0 Å². The van der Waals surface area contributed by atoms with E-state index in [1.54, 1.807) is 0 Å². The average molecular weight is 175 g/mol. The summed E-state index contributed by atoms with van der Waals surface area (Å²) in [4.78, 5) is 0. The Hall–Kier alpha value is -0.220. The first kappa shape index (κ1) is 9.78. The molecule has 0 aliphatic heterocycles. The third-order valence-corrected chi connectivity index (χ3v) is 0.902. The Bertz CT molecular complexity index is 115. The summed E-state index contributed by atoms with van der Waals surface area (Å²) in [5.41, 5.74) is -2.81. The predicted octanol–water partition coefficient (Wildman–Crippen LogP) is 2.32. The van der Waals surface area contributed by atoms with E-state index < -0.39 is 18.3 Å². The number of rotatable bonds is 4. The fourth-order valence-corrected chi connectivity index (χ4v) is 0.296. The molecule has 10 heavy (non-hydrogen) atoms. The van der Waals surface area contributed by atoms with E-state index >= 15 is 0 Å². The molecule has 5 heteroatoms. The van der Waals surface area contributed by atoms with Crippen LogP contribution in [0.4, 0.5) is 13.2 Å². The number of halogens is 4. The Balaban J connectivity index is 3.74. The topological polar surface area (TPSA) is 9.23 Å². The second-order valence-corrected chi connectivity index (χ2v) is 1.85. The maximum absolute atomic E-state index is 12.0. The van der Waals surface area contributed by atoms with Gasteiger partial charge in [0.1, 0.15) is 0 Å². The summed E-state index contributed by atoms with van der Waals surface area (Å²) in [6.07, 6.45) is -2.84. The Labute approximate surface area is 61.4 Å². The quantitative estimate of drug-likeness (QED) is 0.470. The monoisotopic (exact) mass is 174 g/mol. The molecule has 1 nitrogen and oxygen atoms in total. The van der Waals surface area contributed by atoms with Gasteiger partial charge >= 0.3 is 6.11 Å². The van der Waals surface area contributed by atoms with E-state index in [-0.39, 0.29) is 0 Å². The molecule has 60 valence electrons. The van der Waals surface area contributed by atoms with E-state index in [2.05, 4.69) is 22.9 Å². The second-order valence-electron chi connectivity index (χ2n) is 1.46. The van der Waals surface area contributed by atoms with Crippen LogP contribution < -0.4 is 0 Å². The fraction of sp³-hybridized carbons (Fsp3) is 0.600. The Morgan fingerprint density at radius 1 is 1.70 bits per heavy atom. The summed E-state index contributed by atoms with van der Waals surface area (Å²) >= 11 is 4.43. The van der Waals surface area contributed by atoms with Crippen LogP contribution in [0.1, 0.15) is 0 Å². The van der Waals surface area contributed by atoms with Crippen molar-refractivity contribution < 1.29 is 17.9 Å². The van der Waals surface area contributed by atoms with Crippen molar-refractivity contribution in [3.05, 3.63) is 12.7 Å². The molecule has 0 aromatic carbocycles. The van der Waals surface area contributed by atoms with Gasteiger partial charge in [0.15, 0.2) is 0 Å². The number of alkyl halides is 4. The number of hydrogen-bond donors (Lipinski definition) is 0. The van der Waals surface area contributed by atoms with Crippen molar-refractivity contribution in [2.45, 2.75) is 11.7 Å². The summed E-state index contributed by atoms with van der Waals surface area (Å²) in [6.45, 7) is 2.67. The molecule has 0 N–H and O–H groups in total. The zero-order valence-electron chi connectivity index (χ0n) is 4.99. The third-order valence-electron chi connectivity index (χ3n) is 0.648. The largest absolute Gasteiger partial charge is 0.401 e. The fourth-order valence-electron chi connectivity index (χ4n) is 0.233. The Kier molecular flexibility index (Phi) is 3.75. The molecule has 0 aromatic heterocycles. The molecule has 0 amide bonds. The lowest BCUT2D eigenvalue weighted by atomic mass is 10.6. The van der Waals surface area contributed by atoms with Gasteiger partial charge in [-0.1, -0.05) is 17.7 Å². The van der Waals surface area contributed by atoms with Crippen LogP contribution in [0.15, 0.2) is 12.7 Å². The van der Waals surface area contributed by atoms with Gasteiger partial charge in [0, 0.05) is 0 Å².